The van der Waals surface area contributed by atoms with E-state index in [1.165, 1.54) is 12.8 Å². The molecule has 0 saturated carbocycles. The Morgan fingerprint density at radius 1 is 1.29 bits per heavy atom. The number of carbonyl (C=O) groups is 1. The van der Waals surface area contributed by atoms with Crippen molar-refractivity contribution in [1.82, 2.24) is 0 Å². The number of hydrogen-bond donors (Lipinski definition) is 1. The smallest absolute Gasteiger partial charge is 0.333 e. The van der Waals surface area contributed by atoms with Crippen molar-refractivity contribution >= 4 is 14.2 Å². The number of esters is 1. The van der Waals surface area contributed by atoms with Gasteiger partial charge >= 0.3 is 14.2 Å². The lowest BCUT2D eigenvalue weighted by molar-refractivity contribution is -0.139. The molecule has 0 heterocycles. The van der Waals surface area contributed by atoms with Crippen molar-refractivity contribution in [1.29, 1.82) is 0 Å². The van der Waals surface area contributed by atoms with Crippen molar-refractivity contribution in [3.8, 4) is 0 Å². The van der Waals surface area contributed by atoms with Gasteiger partial charge in [-0.05, 0) is 6.92 Å². The van der Waals surface area contributed by atoms with Gasteiger partial charge in [-0.15, -0.1) is 0 Å². The van der Waals surface area contributed by atoms with E-state index in [2.05, 4.69) is 25.0 Å². The van der Waals surface area contributed by atoms with Crippen LogP contribution in [-0.2, 0) is 18.6 Å². The van der Waals surface area contributed by atoms with Gasteiger partial charge in [-0.3, -0.25) is 4.57 Å². The maximum atomic E-state index is 10.8. The molecule has 0 aliphatic carbocycles. The van der Waals surface area contributed by atoms with Gasteiger partial charge in [0.05, 0.1) is 13.2 Å². The van der Waals surface area contributed by atoms with Crippen LogP contribution in [0.1, 0.15) is 40.0 Å². The molecule has 6 heteroatoms. The molecule has 0 spiro atoms. The van der Waals surface area contributed by atoms with Gasteiger partial charge in [0, 0.05) is 12.0 Å². The average Bonchev–Trinajstić information content (AvgIpc) is 2.28. The number of rotatable bonds is 7. The second-order valence-electron chi connectivity index (χ2n) is 3.38. The molecule has 0 rings (SSSR count). The average molecular weight is 266 g/mol. The van der Waals surface area contributed by atoms with E-state index in [9.17, 15) is 9.36 Å². The Morgan fingerprint density at radius 2 is 1.82 bits per heavy atom. The summed E-state index contributed by atoms with van der Waals surface area (Å²) in [6.45, 7) is 9.58. The zero-order valence-electron chi connectivity index (χ0n) is 10.8. The maximum Gasteiger partial charge on any atom is 0.333 e. The fourth-order valence-electron chi connectivity index (χ4n) is 0.506. The Morgan fingerprint density at radius 3 is 2.18 bits per heavy atom. The lowest BCUT2D eigenvalue weighted by Crippen LogP contribution is -2.07. The van der Waals surface area contributed by atoms with Crippen molar-refractivity contribution in [3.63, 3.8) is 0 Å². The molecule has 5 nitrogen and oxygen atoms in total. The highest BCUT2D eigenvalue weighted by atomic mass is 31.1. The van der Waals surface area contributed by atoms with Crippen LogP contribution in [0.4, 0.5) is 0 Å². The third-order valence-corrected chi connectivity index (χ3v) is 2.05. The van der Waals surface area contributed by atoms with Gasteiger partial charge in [-0.25, -0.2) is 4.79 Å². The van der Waals surface area contributed by atoms with Gasteiger partial charge in [0.1, 0.15) is 0 Å². The second-order valence-corrected chi connectivity index (χ2v) is 4.20. The Kier molecular flexibility index (Phi) is 14.8. The molecule has 0 bridgehead atoms. The van der Waals surface area contributed by atoms with E-state index in [0.717, 1.165) is 0 Å². The zero-order chi connectivity index (χ0) is 13.7. The molecule has 0 aromatic carbocycles. The Bertz CT molecular complexity index is 238. The van der Waals surface area contributed by atoms with E-state index < -0.39 is 14.2 Å². The molecule has 0 fully saturated rings. The summed E-state index contributed by atoms with van der Waals surface area (Å²) in [4.78, 5) is 19.0. The first kappa shape index (κ1) is 18.7. The number of ether oxygens (including phenoxy) is 1. The van der Waals surface area contributed by atoms with Gasteiger partial charge in [0.15, 0.2) is 0 Å². The zero-order valence-corrected chi connectivity index (χ0v) is 11.8. The fourth-order valence-corrected chi connectivity index (χ4v) is 0.825. The molecular formula is C11H23O5P. The van der Waals surface area contributed by atoms with Crippen LogP contribution in [0.2, 0.25) is 0 Å². The number of carbonyl (C=O) groups excluding carboxylic acids is 1. The molecule has 0 aromatic rings. The molecule has 0 saturated heterocycles. The largest absolute Gasteiger partial charge is 0.462 e. The topological polar surface area (TPSA) is 72.8 Å². The monoisotopic (exact) mass is 266 g/mol. The lowest BCUT2D eigenvalue weighted by Gasteiger charge is -2.03. The van der Waals surface area contributed by atoms with E-state index in [1.54, 1.807) is 6.92 Å². The Hall–Kier alpha value is -0.640. The Balaban J connectivity index is 0. The molecule has 102 valence electrons. The molecule has 1 unspecified atom stereocenters. The van der Waals surface area contributed by atoms with Crippen molar-refractivity contribution in [2.45, 2.75) is 40.0 Å². The van der Waals surface area contributed by atoms with Crippen molar-refractivity contribution in [2.75, 3.05) is 13.2 Å². The lowest BCUT2D eigenvalue weighted by atomic mass is 10.4. The van der Waals surface area contributed by atoms with Crippen LogP contribution >= 0.6 is 8.25 Å². The summed E-state index contributed by atoms with van der Waals surface area (Å²) in [5, 5.41) is 0. The van der Waals surface area contributed by atoms with E-state index in [0.29, 0.717) is 12.0 Å². The van der Waals surface area contributed by atoms with Crippen LogP contribution < -0.4 is 0 Å². The molecule has 1 N–H and O–H groups in total. The highest BCUT2D eigenvalue weighted by Gasteiger charge is 2.01. The van der Waals surface area contributed by atoms with Crippen LogP contribution in [0.5, 0.6) is 0 Å². The summed E-state index contributed by atoms with van der Waals surface area (Å²) < 4.78 is 19.1. The highest BCUT2D eigenvalue weighted by Crippen LogP contribution is 2.13. The summed E-state index contributed by atoms with van der Waals surface area (Å²) in [7, 11) is -2.86. The number of hydrogen-bond acceptors (Lipinski definition) is 4. The molecule has 1 atom stereocenters. The number of unbranched alkanes of at least 4 members (excludes halogenated alkanes) is 1. The van der Waals surface area contributed by atoms with Gasteiger partial charge in [-0.1, -0.05) is 33.3 Å². The van der Waals surface area contributed by atoms with E-state index in [1.807, 2.05) is 0 Å². The van der Waals surface area contributed by atoms with Gasteiger partial charge < -0.3 is 14.2 Å². The van der Waals surface area contributed by atoms with Gasteiger partial charge in [0.25, 0.3) is 0 Å². The predicted molar refractivity (Wildman–Crippen MR) is 68.1 cm³/mol. The molecule has 0 aromatic heterocycles. The molecule has 0 aliphatic rings. The Labute approximate surface area is 104 Å². The third-order valence-electron chi connectivity index (χ3n) is 1.60. The summed E-state index contributed by atoms with van der Waals surface area (Å²) >= 11 is 0. The first-order chi connectivity index (χ1) is 7.95. The van der Waals surface area contributed by atoms with Crippen LogP contribution in [0.3, 0.4) is 0 Å². The molecule has 0 radical (unpaired) electrons. The second kappa shape index (κ2) is 13.4. The minimum atomic E-state index is -2.86. The van der Waals surface area contributed by atoms with Crippen molar-refractivity contribution in [3.05, 3.63) is 12.2 Å². The predicted octanol–water partition coefficient (Wildman–Crippen LogP) is 2.70. The fraction of sp³-hybridized carbons (Fsp3) is 0.727. The molecule has 17 heavy (non-hydrogen) atoms. The van der Waals surface area contributed by atoms with E-state index >= 15 is 0 Å². The normalized spacial score (nSPS) is 11.1. The van der Waals surface area contributed by atoms with Crippen LogP contribution in [0.15, 0.2) is 12.2 Å². The molecule has 0 amide bonds. The SMILES string of the molecule is C=C(C)C(=O)OCCCO[PH](=O)O.CCCC. The van der Waals surface area contributed by atoms with Gasteiger partial charge in [-0.2, -0.15) is 0 Å². The van der Waals surface area contributed by atoms with Crippen molar-refractivity contribution in [2.24, 2.45) is 0 Å². The van der Waals surface area contributed by atoms with Crippen LogP contribution in [0, 0.1) is 0 Å². The standard InChI is InChI=1S/C7H13O5P.C4H10/c1-6(2)7(8)11-4-3-5-12-13(9)10;1-3-4-2/h13H,1,3-5H2,2H3,(H,9,10);3-4H2,1-2H3. The van der Waals surface area contributed by atoms with Crippen LogP contribution in [0.25, 0.3) is 0 Å². The van der Waals surface area contributed by atoms with Gasteiger partial charge in [0.2, 0.25) is 0 Å². The third kappa shape index (κ3) is 17.9. The first-order valence-corrected chi connectivity index (χ1v) is 6.90. The van der Waals surface area contributed by atoms with E-state index in [4.69, 9.17) is 9.63 Å². The quantitative estimate of drug-likeness (QED) is 0.332. The minimum Gasteiger partial charge on any atom is -0.462 e. The summed E-state index contributed by atoms with van der Waals surface area (Å²) in [5.41, 5.74) is 0.330. The maximum absolute atomic E-state index is 10.8. The molecular weight excluding hydrogens is 243 g/mol. The minimum absolute atomic E-state index is 0.109. The first-order valence-electron chi connectivity index (χ1n) is 5.64. The van der Waals surface area contributed by atoms with E-state index in [-0.39, 0.29) is 13.2 Å². The summed E-state index contributed by atoms with van der Waals surface area (Å²) in [5.74, 6) is -0.461. The summed E-state index contributed by atoms with van der Waals surface area (Å²) in [6.07, 6.45) is 3.04. The van der Waals surface area contributed by atoms with Crippen molar-refractivity contribution < 1.29 is 23.5 Å². The molecule has 0 aliphatic heterocycles. The van der Waals surface area contributed by atoms with Crippen LogP contribution in [-0.4, -0.2) is 24.1 Å². The highest BCUT2D eigenvalue weighted by molar-refractivity contribution is 7.32. The summed E-state index contributed by atoms with van der Waals surface area (Å²) in [6, 6.07) is 0.